The van der Waals surface area contributed by atoms with Gasteiger partial charge < -0.3 is 0 Å². The van der Waals surface area contributed by atoms with Crippen LogP contribution in [0.25, 0.3) is 11.1 Å². The summed E-state index contributed by atoms with van der Waals surface area (Å²) in [7, 11) is 0. The topological polar surface area (TPSA) is 30.0 Å². The lowest BCUT2D eigenvalue weighted by atomic mass is 9.99. The second kappa shape index (κ2) is 4.45. The van der Waals surface area contributed by atoms with Gasteiger partial charge in [0.05, 0.1) is 0 Å². The lowest BCUT2D eigenvalue weighted by Gasteiger charge is -2.07. The maximum absolute atomic E-state index is 10.9. The minimum atomic E-state index is 0.639. The molecule has 0 unspecified atom stereocenters. The molecule has 0 spiro atoms. The quantitative estimate of drug-likeness (QED) is 0.741. The fraction of sp³-hybridized carbons (Fsp3) is 0.0769. The van der Waals surface area contributed by atoms with Gasteiger partial charge in [-0.05, 0) is 36.2 Å². The van der Waals surface area contributed by atoms with E-state index in [2.05, 4.69) is 4.98 Å². The van der Waals surface area contributed by atoms with E-state index < -0.39 is 0 Å². The first kappa shape index (κ1) is 10.8. The number of carbonyl (C=O) groups excluding carboxylic acids is 1. The van der Waals surface area contributed by atoms with E-state index in [0.717, 1.165) is 23.0 Å². The van der Waals surface area contributed by atoms with Gasteiger partial charge in [0, 0.05) is 28.5 Å². The summed E-state index contributed by atoms with van der Waals surface area (Å²) < 4.78 is 0. The average molecular weight is 232 g/mol. The van der Waals surface area contributed by atoms with Crippen molar-refractivity contribution < 1.29 is 4.79 Å². The fourth-order valence-electron chi connectivity index (χ4n) is 1.66. The molecule has 0 bridgehead atoms. The third-order valence-electron chi connectivity index (χ3n) is 2.46. The Balaban J connectivity index is 2.62. The minimum Gasteiger partial charge on any atom is -0.298 e. The Labute approximate surface area is 98.9 Å². The van der Waals surface area contributed by atoms with Gasteiger partial charge in [-0.2, -0.15) is 0 Å². The van der Waals surface area contributed by atoms with E-state index in [0.29, 0.717) is 10.6 Å². The van der Waals surface area contributed by atoms with Gasteiger partial charge >= 0.3 is 0 Å². The molecule has 1 heterocycles. The number of halogens is 1. The van der Waals surface area contributed by atoms with Crippen molar-refractivity contribution in [3.63, 3.8) is 0 Å². The summed E-state index contributed by atoms with van der Waals surface area (Å²) in [5.74, 6) is 0. The Morgan fingerprint density at radius 2 is 2.06 bits per heavy atom. The van der Waals surface area contributed by atoms with Crippen molar-refractivity contribution in [2.24, 2.45) is 0 Å². The first-order valence-corrected chi connectivity index (χ1v) is 5.26. The summed E-state index contributed by atoms with van der Waals surface area (Å²) in [6.45, 7) is 1.96. The zero-order chi connectivity index (χ0) is 11.5. The van der Waals surface area contributed by atoms with Crippen molar-refractivity contribution in [1.82, 2.24) is 4.98 Å². The number of pyridine rings is 1. The van der Waals surface area contributed by atoms with Gasteiger partial charge in [0.25, 0.3) is 0 Å². The third-order valence-corrected chi connectivity index (χ3v) is 2.70. The van der Waals surface area contributed by atoms with Crippen molar-refractivity contribution in [3.8, 4) is 11.1 Å². The van der Waals surface area contributed by atoms with Crippen LogP contribution >= 0.6 is 11.6 Å². The van der Waals surface area contributed by atoms with Crippen LogP contribution in [0.15, 0.2) is 36.7 Å². The van der Waals surface area contributed by atoms with E-state index in [4.69, 9.17) is 11.6 Å². The highest BCUT2D eigenvalue weighted by Crippen LogP contribution is 2.27. The van der Waals surface area contributed by atoms with Gasteiger partial charge in [0.1, 0.15) is 0 Å². The largest absolute Gasteiger partial charge is 0.298 e. The van der Waals surface area contributed by atoms with Crippen molar-refractivity contribution in [3.05, 3.63) is 52.8 Å². The normalized spacial score (nSPS) is 10.1. The summed E-state index contributed by atoms with van der Waals surface area (Å²) in [6, 6.07) is 7.29. The van der Waals surface area contributed by atoms with Crippen LogP contribution < -0.4 is 0 Å². The van der Waals surface area contributed by atoms with Crippen molar-refractivity contribution in [1.29, 1.82) is 0 Å². The van der Waals surface area contributed by atoms with Crippen molar-refractivity contribution in [2.75, 3.05) is 0 Å². The standard InChI is InChI=1S/C13H10ClNO/c1-9-6-11(14)2-3-12(9)13-7-15-5-4-10(13)8-16/h2-8H,1H3. The van der Waals surface area contributed by atoms with Gasteiger partial charge in [-0.15, -0.1) is 0 Å². The number of rotatable bonds is 2. The molecule has 0 N–H and O–H groups in total. The summed E-state index contributed by atoms with van der Waals surface area (Å²) in [5, 5.41) is 0.692. The highest BCUT2D eigenvalue weighted by molar-refractivity contribution is 6.30. The Kier molecular flexibility index (Phi) is 3.02. The zero-order valence-corrected chi connectivity index (χ0v) is 9.53. The van der Waals surface area contributed by atoms with Crippen LogP contribution in [0.1, 0.15) is 15.9 Å². The molecule has 0 aliphatic heterocycles. The zero-order valence-electron chi connectivity index (χ0n) is 8.77. The molecule has 2 aromatic rings. The van der Waals surface area contributed by atoms with Crippen LogP contribution in [0.4, 0.5) is 0 Å². The van der Waals surface area contributed by atoms with Crippen LogP contribution in [-0.4, -0.2) is 11.3 Å². The Morgan fingerprint density at radius 1 is 1.25 bits per heavy atom. The van der Waals surface area contributed by atoms with E-state index in [1.54, 1.807) is 18.5 Å². The fourth-order valence-corrected chi connectivity index (χ4v) is 1.89. The van der Waals surface area contributed by atoms with Crippen LogP contribution in [0.2, 0.25) is 5.02 Å². The summed E-state index contributed by atoms with van der Waals surface area (Å²) in [5.41, 5.74) is 3.50. The first-order valence-electron chi connectivity index (χ1n) is 4.88. The van der Waals surface area contributed by atoms with Crippen LogP contribution in [0, 0.1) is 6.92 Å². The molecule has 1 aromatic heterocycles. The van der Waals surface area contributed by atoms with Gasteiger partial charge in [-0.1, -0.05) is 17.7 Å². The van der Waals surface area contributed by atoms with Crippen LogP contribution in [0.3, 0.4) is 0 Å². The molecule has 3 heteroatoms. The molecule has 0 radical (unpaired) electrons. The summed E-state index contributed by atoms with van der Waals surface area (Å²) in [4.78, 5) is 15.0. The highest BCUT2D eigenvalue weighted by Gasteiger charge is 2.07. The number of aldehydes is 1. The maximum Gasteiger partial charge on any atom is 0.150 e. The van der Waals surface area contributed by atoms with Crippen LogP contribution in [-0.2, 0) is 0 Å². The Bertz CT molecular complexity index is 537. The van der Waals surface area contributed by atoms with Crippen molar-refractivity contribution in [2.45, 2.75) is 6.92 Å². The van der Waals surface area contributed by atoms with E-state index in [1.165, 1.54) is 0 Å². The van der Waals surface area contributed by atoms with Gasteiger partial charge in [0.2, 0.25) is 0 Å². The number of aromatic nitrogens is 1. The molecule has 2 nitrogen and oxygen atoms in total. The number of benzene rings is 1. The van der Waals surface area contributed by atoms with Crippen molar-refractivity contribution >= 4 is 17.9 Å². The molecule has 0 saturated carbocycles. The predicted octanol–water partition coefficient (Wildman–Crippen LogP) is 3.52. The van der Waals surface area contributed by atoms with Crippen LogP contribution in [0.5, 0.6) is 0 Å². The number of hydrogen-bond acceptors (Lipinski definition) is 2. The number of nitrogens with zero attached hydrogens (tertiary/aromatic N) is 1. The minimum absolute atomic E-state index is 0.639. The van der Waals surface area contributed by atoms with Gasteiger partial charge in [-0.25, -0.2) is 0 Å². The monoisotopic (exact) mass is 231 g/mol. The third kappa shape index (κ3) is 1.97. The Hall–Kier alpha value is -1.67. The second-order valence-corrected chi connectivity index (χ2v) is 3.98. The second-order valence-electron chi connectivity index (χ2n) is 3.54. The first-order chi connectivity index (χ1) is 7.72. The molecule has 80 valence electrons. The molecule has 0 atom stereocenters. The predicted molar refractivity (Wildman–Crippen MR) is 64.8 cm³/mol. The lowest BCUT2D eigenvalue weighted by molar-refractivity contribution is 0.112. The Morgan fingerprint density at radius 3 is 2.75 bits per heavy atom. The van der Waals surface area contributed by atoms with Gasteiger partial charge in [0.15, 0.2) is 6.29 Å². The van der Waals surface area contributed by atoms with E-state index in [-0.39, 0.29) is 0 Å². The smallest absolute Gasteiger partial charge is 0.150 e. The molecule has 0 amide bonds. The summed E-state index contributed by atoms with van der Waals surface area (Å²) in [6.07, 6.45) is 4.14. The van der Waals surface area contributed by atoms with E-state index in [9.17, 15) is 4.79 Å². The molecule has 0 fully saturated rings. The lowest BCUT2D eigenvalue weighted by Crippen LogP contribution is -1.91. The average Bonchev–Trinajstić information content (AvgIpc) is 2.29. The molecule has 0 aliphatic rings. The molecule has 0 saturated heterocycles. The van der Waals surface area contributed by atoms with E-state index in [1.807, 2.05) is 25.1 Å². The molecule has 0 aliphatic carbocycles. The van der Waals surface area contributed by atoms with Gasteiger partial charge in [-0.3, -0.25) is 9.78 Å². The molecule has 2 rings (SSSR count). The number of aryl methyl sites for hydroxylation is 1. The number of hydrogen-bond donors (Lipinski definition) is 0. The molecule has 1 aromatic carbocycles. The SMILES string of the molecule is Cc1cc(Cl)ccc1-c1cnccc1C=O. The highest BCUT2D eigenvalue weighted by atomic mass is 35.5. The van der Waals surface area contributed by atoms with E-state index >= 15 is 0 Å². The maximum atomic E-state index is 10.9. The molecular weight excluding hydrogens is 222 g/mol. The summed E-state index contributed by atoms with van der Waals surface area (Å²) >= 11 is 5.89. The molecule has 16 heavy (non-hydrogen) atoms. The number of carbonyl (C=O) groups is 1. The molecular formula is C13H10ClNO.